The molecule has 1 atom stereocenters. The molecule has 0 N–H and O–H groups in total. The minimum Gasteiger partial charge on any atom is -0.353 e. The third kappa shape index (κ3) is 4.39. The van der Waals surface area contributed by atoms with Gasteiger partial charge in [0.05, 0.1) is 5.56 Å². The Kier molecular flexibility index (Phi) is 6.10. The Morgan fingerprint density at radius 2 is 1.82 bits per heavy atom. The fourth-order valence-corrected chi connectivity index (χ4v) is 3.80. The SMILES string of the molecule is CCC(=O)N1CCCCC1C(=O)N1CCN(c2ccc(C(F)(F)F)cn2)CC1. The van der Waals surface area contributed by atoms with Crippen molar-refractivity contribution in [3.05, 3.63) is 23.9 Å². The Morgan fingerprint density at radius 1 is 1.11 bits per heavy atom. The predicted molar refractivity (Wildman–Crippen MR) is 97.7 cm³/mol. The maximum atomic E-state index is 13.0. The van der Waals surface area contributed by atoms with Crippen LogP contribution in [-0.4, -0.2) is 65.4 Å². The lowest BCUT2D eigenvalue weighted by Gasteiger charge is -2.41. The molecule has 154 valence electrons. The van der Waals surface area contributed by atoms with Gasteiger partial charge in [-0.1, -0.05) is 6.92 Å². The fourth-order valence-electron chi connectivity index (χ4n) is 3.80. The van der Waals surface area contributed by atoms with Crippen LogP contribution in [-0.2, 0) is 15.8 Å². The number of alkyl halides is 3. The molecular formula is C19H25F3N4O2. The monoisotopic (exact) mass is 398 g/mol. The van der Waals surface area contributed by atoms with Crippen molar-refractivity contribution in [3.8, 4) is 0 Å². The first kappa shape index (κ1) is 20.4. The number of piperidine rings is 1. The molecular weight excluding hydrogens is 373 g/mol. The third-order valence-corrected chi connectivity index (χ3v) is 5.40. The molecule has 0 aliphatic carbocycles. The number of pyridine rings is 1. The second kappa shape index (κ2) is 8.36. The lowest BCUT2D eigenvalue weighted by Crippen LogP contribution is -2.57. The smallest absolute Gasteiger partial charge is 0.353 e. The molecule has 0 saturated carbocycles. The van der Waals surface area contributed by atoms with Crippen LogP contribution in [0.2, 0.25) is 0 Å². The van der Waals surface area contributed by atoms with E-state index in [2.05, 4.69) is 4.98 Å². The van der Waals surface area contributed by atoms with E-state index >= 15 is 0 Å². The number of piperazine rings is 1. The number of rotatable bonds is 3. The van der Waals surface area contributed by atoms with Gasteiger partial charge in [0.1, 0.15) is 11.9 Å². The summed E-state index contributed by atoms with van der Waals surface area (Å²) in [4.78, 5) is 34.4. The van der Waals surface area contributed by atoms with E-state index in [4.69, 9.17) is 0 Å². The third-order valence-electron chi connectivity index (χ3n) is 5.40. The average molecular weight is 398 g/mol. The van der Waals surface area contributed by atoms with Gasteiger partial charge in [-0.25, -0.2) is 4.98 Å². The number of aromatic nitrogens is 1. The van der Waals surface area contributed by atoms with Crippen molar-refractivity contribution in [2.75, 3.05) is 37.6 Å². The van der Waals surface area contributed by atoms with Crippen molar-refractivity contribution in [1.82, 2.24) is 14.8 Å². The molecule has 3 heterocycles. The summed E-state index contributed by atoms with van der Waals surface area (Å²) in [5.41, 5.74) is -0.775. The molecule has 2 aliphatic heterocycles. The van der Waals surface area contributed by atoms with Gasteiger partial charge in [-0.05, 0) is 31.4 Å². The molecule has 6 nitrogen and oxygen atoms in total. The van der Waals surface area contributed by atoms with Crippen LogP contribution < -0.4 is 4.90 Å². The highest BCUT2D eigenvalue weighted by Gasteiger charge is 2.35. The van der Waals surface area contributed by atoms with Crippen LogP contribution in [0.1, 0.15) is 38.2 Å². The molecule has 2 fully saturated rings. The second-order valence-corrected chi connectivity index (χ2v) is 7.17. The minimum absolute atomic E-state index is 0.00522. The molecule has 0 bridgehead atoms. The van der Waals surface area contributed by atoms with Crippen LogP contribution >= 0.6 is 0 Å². The molecule has 1 aromatic heterocycles. The summed E-state index contributed by atoms with van der Waals surface area (Å²) in [6.07, 6.45) is -0.647. The summed E-state index contributed by atoms with van der Waals surface area (Å²) >= 11 is 0. The van der Waals surface area contributed by atoms with Gasteiger partial charge in [0.2, 0.25) is 11.8 Å². The maximum Gasteiger partial charge on any atom is 0.417 e. The summed E-state index contributed by atoms with van der Waals surface area (Å²) in [5, 5.41) is 0. The van der Waals surface area contributed by atoms with Crippen LogP contribution in [0.4, 0.5) is 19.0 Å². The van der Waals surface area contributed by atoms with Crippen LogP contribution in [0, 0.1) is 0 Å². The number of anilines is 1. The molecule has 0 spiro atoms. The zero-order valence-corrected chi connectivity index (χ0v) is 15.9. The van der Waals surface area contributed by atoms with Crippen LogP contribution in [0.5, 0.6) is 0 Å². The van der Waals surface area contributed by atoms with E-state index in [1.54, 1.807) is 16.7 Å². The van der Waals surface area contributed by atoms with E-state index in [1.807, 2.05) is 4.90 Å². The lowest BCUT2D eigenvalue weighted by atomic mass is 10.00. The summed E-state index contributed by atoms with van der Waals surface area (Å²) in [6.45, 7) is 4.35. The van der Waals surface area contributed by atoms with E-state index in [-0.39, 0.29) is 11.8 Å². The van der Waals surface area contributed by atoms with Crippen molar-refractivity contribution < 1.29 is 22.8 Å². The van der Waals surface area contributed by atoms with Crippen LogP contribution in [0.15, 0.2) is 18.3 Å². The number of carbonyl (C=O) groups excluding carboxylic acids is 2. The summed E-state index contributed by atoms with van der Waals surface area (Å²) in [7, 11) is 0. The molecule has 3 rings (SSSR count). The maximum absolute atomic E-state index is 13.0. The zero-order valence-electron chi connectivity index (χ0n) is 15.9. The van der Waals surface area contributed by atoms with Crippen molar-refractivity contribution in [2.45, 2.75) is 44.8 Å². The number of likely N-dealkylation sites (tertiary alicyclic amines) is 1. The Bertz CT molecular complexity index is 700. The lowest BCUT2D eigenvalue weighted by molar-refractivity contribution is -0.147. The number of halogens is 3. The van der Waals surface area contributed by atoms with Crippen LogP contribution in [0.3, 0.4) is 0 Å². The number of amides is 2. The standard InChI is InChI=1S/C19H25F3N4O2/c1-2-17(27)26-8-4-3-5-15(26)18(28)25-11-9-24(10-12-25)16-7-6-14(13-23-16)19(20,21)22/h6-7,13,15H,2-5,8-12H2,1H3. The predicted octanol–water partition coefficient (Wildman–Crippen LogP) is 2.54. The van der Waals surface area contributed by atoms with Gasteiger partial charge >= 0.3 is 6.18 Å². The van der Waals surface area contributed by atoms with E-state index in [0.717, 1.165) is 25.1 Å². The molecule has 1 unspecified atom stereocenters. The quantitative estimate of drug-likeness (QED) is 0.785. The van der Waals surface area contributed by atoms with Gasteiger partial charge in [0, 0.05) is 45.3 Å². The van der Waals surface area contributed by atoms with E-state index in [1.165, 1.54) is 6.07 Å². The summed E-state index contributed by atoms with van der Waals surface area (Å²) < 4.78 is 38.0. The van der Waals surface area contributed by atoms with E-state index < -0.39 is 17.8 Å². The fraction of sp³-hybridized carbons (Fsp3) is 0.632. The normalized spacial score (nSPS) is 21.0. The Hall–Kier alpha value is -2.32. The van der Waals surface area contributed by atoms with Gasteiger partial charge < -0.3 is 14.7 Å². The Morgan fingerprint density at radius 3 is 2.39 bits per heavy atom. The minimum atomic E-state index is -4.40. The Balaban J connectivity index is 1.60. The highest BCUT2D eigenvalue weighted by molar-refractivity contribution is 5.88. The molecule has 0 radical (unpaired) electrons. The first-order valence-electron chi connectivity index (χ1n) is 9.67. The zero-order chi connectivity index (χ0) is 20.3. The van der Waals surface area contributed by atoms with Crippen molar-refractivity contribution in [2.24, 2.45) is 0 Å². The molecule has 0 aromatic carbocycles. The highest BCUT2D eigenvalue weighted by atomic mass is 19.4. The van der Waals surface area contributed by atoms with Gasteiger partial charge in [0.15, 0.2) is 0 Å². The number of carbonyl (C=O) groups is 2. The number of hydrogen-bond donors (Lipinski definition) is 0. The first-order valence-corrected chi connectivity index (χ1v) is 9.67. The summed E-state index contributed by atoms with van der Waals surface area (Å²) in [5.74, 6) is 0.452. The van der Waals surface area contributed by atoms with Gasteiger partial charge in [0.25, 0.3) is 0 Å². The average Bonchev–Trinajstić information content (AvgIpc) is 2.72. The summed E-state index contributed by atoms with van der Waals surface area (Å²) in [6, 6.07) is 2.00. The largest absolute Gasteiger partial charge is 0.417 e. The van der Waals surface area contributed by atoms with Crippen molar-refractivity contribution in [3.63, 3.8) is 0 Å². The second-order valence-electron chi connectivity index (χ2n) is 7.17. The molecule has 2 amide bonds. The van der Waals surface area contributed by atoms with Crippen LogP contribution in [0.25, 0.3) is 0 Å². The first-order chi connectivity index (χ1) is 13.3. The molecule has 1 aromatic rings. The molecule has 9 heteroatoms. The van der Waals surface area contributed by atoms with Crippen molar-refractivity contribution in [1.29, 1.82) is 0 Å². The molecule has 2 saturated heterocycles. The highest BCUT2D eigenvalue weighted by Crippen LogP contribution is 2.29. The van der Waals surface area contributed by atoms with E-state index in [9.17, 15) is 22.8 Å². The van der Waals surface area contributed by atoms with Gasteiger partial charge in [-0.15, -0.1) is 0 Å². The van der Waals surface area contributed by atoms with Crippen molar-refractivity contribution >= 4 is 17.6 Å². The van der Waals surface area contributed by atoms with Gasteiger partial charge in [-0.2, -0.15) is 13.2 Å². The van der Waals surface area contributed by atoms with E-state index in [0.29, 0.717) is 51.4 Å². The number of hydrogen-bond acceptors (Lipinski definition) is 4. The topological polar surface area (TPSA) is 56.8 Å². The Labute approximate surface area is 162 Å². The molecule has 2 aliphatic rings. The molecule has 28 heavy (non-hydrogen) atoms. The van der Waals surface area contributed by atoms with Gasteiger partial charge in [-0.3, -0.25) is 9.59 Å². The number of nitrogens with zero attached hydrogens (tertiary/aromatic N) is 4.